The molecular weight excluding hydrogens is 200 g/mol. The van der Waals surface area contributed by atoms with E-state index in [9.17, 15) is 4.79 Å². The Hall–Kier alpha value is -0.530. The monoisotopic (exact) mass is 242 g/mol. The summed E-state index contributed by atoms with van der Waals surface area (Å²) in [4.78, 5) is 9.96. The fourth-order valence-corrected chi connectivity index (χ4v) is 0.703. The fraction of sp³-hybridized carbons (Fsp3) is 0.929. The molecule has 0 aromatic heterocycles. The molecular formula is C14H42O2. The van der Waals surface area contributed by atoms with Crippen molar-refractivity contribution in [1.29, 1.82) is 0 Å². The third kappa shape index (κ3) is 70.0. The van der Waals surface area contributed by atoms with Crippen LogP contribution in [0.2, 0.25) is 0 Å². The Bertz CT molecular complexity index is 80.8. The summed E-state index contributed by atoms with van der Waals surface area (Å²) in [6.07, 6.45) is 4.55. The van der Waals surface area contributed by atoms with Crippen LogP contribution in [0.3, 0.4) is 0 Å². The van der Waals surface area contributed by atoms with E-state index in [1.54, 1.807) is 0 Å². The van der Waals surface area contributed by atoms with Crippen molar-refractivity contribution in [3.05, 3.63) is 0 Å². The van der Waals surface area contributed by atoms with Gasteiger partial charge in [0.1, 0.15) is 0 Å². The van der Waals surface area contributed by atoms with Crippen LogP contribution in [0.4, 0.5) is 0 Å². The molecule has 2 heteroatoms. The normalized spacial score (nSPS) is 5.31. The zero-order chi connectivity index (χ0) is 7.11. The number of carboxylic acid groups (broad SMARTS) is 1. The summed E-state index contributed by atoms with van der Waals surface area (Å²) in [5, 5.41) is 8.21. The molecule has 0 unspecified atom stereocenters. The Balaban J connectivity index is -0.0000000152. The van der Waals surface area contributed by atoms with Gasteiger partial charge < -0.3 is 5.11 Å². The minimum Gasteiger partial charge on any atom is -0.481 e. The summed E-state index contributed by atoms with van der Waals surface area (Å²) in [5.41, 5.74) is 0. The summed E-state index contributed by atoms with van der Waals surface area (Å²) < 4.78 is 0. The number of carboxylic acids is 1. The van der Waals surface area contributed by atoms with Crippen LogP contribution in [0.5, 0.6) is 0 Å². The van der Waals surface area contributed by atoms with Gasteiger partial charge >= 0.3 is 5.97 Å². The van der Waals surface area contributed by atoms with Gasteiger partial charge in [-0.25, -0.2) is 0 Å². The standard InChI is InChI=1S/C7H14O2.7CH4/c1-2-3-4-5-6-7(8)9;;;;;;;/h2-6H2,1H3,(H,8,9);7*1H4. The lowest BCUT2D eigenvalue weighted by Gasteiger charge is -1.92. The third-order valence-corrected chi connectivity index (χ3v) is 1.24. The summed E-state index contributed by atoms with van der Waals surface area (Å²) in [7, 11) is 0. The summed E-state index contributed by atoms with van der Waals surface area (Å²) in [5.74, 6) is -0.675. The van der Waals surface area contributed by atoms with Crippen molar-refractivity contribution in [2.24, 2.45) is 0 Å². The van der Waals surface area contributed by atoms with Crippen LogP contribution in [-0.4, -0.2) is 11.1 Å². The van der Waals surface area contributed by atoms with Crippen molar-refractivity contribution < 1.29 is 9.90 Å². The molecule has 1 N–H and O–H groups in total. The lowest BCUT2D eigenvalue weighted by molar-refractivity contribution is -0.137. The van der Waals surface area contributed by atoms with Gasteiger partial charge in [-0.15, -0.1) is 0 Å². The summed E-state index contributed by atoms with van der Waals surface area (Å²) in [6, 6.07) is 0. The predicted octanol–water partition coefficient (Wildman–Crippen LogP) is 6.49. The van der Waals surface area contributed by atoms with E-state index in [0.717, 1.165) is 19.3 Å². The lowest BCUT2D eigenvalue weighted by Crippen LogP contribution is -1.92. The molecule has 0 rings (SSSR count). The zero-order valence-electron chi connectivity index (χ0n) is 5.89. The van der Waals surface area contributed by atoms with Crippen molar-refractivity contribution in [3.63, 3.8) is 0 Å². The molecule has 16 heavy (non-hydrogen) atoms. The first-order chi connectivity index (χ1) is 4.27. The average Bonchev–Trinajstić information content (AvgIpc) is 1.80. The van der Waals surface area contributed by atoms with Gasteiger partial charge in [-0.05, 0) is 6.42 Å². The van der Waals surface area contributed by atoms with Gasteiger partial charge in [0.25, 0.3) is 0 Å². The van der Waals surface area contributed by atoms with Crippen molar-refractivity contribution in [1.82, 2.24) is 0 Å². The van der Waals surface area contributed by atoms with Crippen LogP contribution in [0.15, 0.2) is 0 Å². The molecule has 0 atom stereocenters. The highest BCUT2D eigenvalue weighted by molar-refractivity contribution is 5.66. The van der Waals surface area contributed by atoms with Crippen LogP contribution >= 0.6 is 0 Å². The Morgan fingerprint density at radius 1 is 0.812 bits per heavy atom. The van der Waals surface area contributed by atoms with Gasteiger partial charge in [0.15, 0.2) is 0 Å². The zero-order valence-corrected chi connectivity index (χ0v) is 5.89. The highest BCUT2D eigenvalue weighted by atomic mass is 16.4. The average molecular weight is 242 g/mol. The topological polar surface area (TPSA) is 37.3 Å². The largest absolute Gasteiger partial charge is 0.481 e. The molecule has 0 aromatic rings. The van der Waals surface area contributed by atoms with E-state index >= 15 is 0 Å². The van der Waals surface area contributed by atoms with Gasteiger partial charge in [0.05, 0.1) is 0 Å². The van der Waals surface area contributed by atoms with Crippen LogP contribution in [0.1, 0.15) is 91.0 Å². The first-order valence-corrected chi connectivity index (χ1v) is 3.49. The molecule has 110 valence electrons. The summed E-state index contributed by atoms with van der Waals surface area (Å²) in [6.45, 7) is 2.11. The highest BCUT2D eigenvalue weighted by Gasteiger charge is 1.93. The summed E-state index contributed by atoms with van der Waals surface area (Å²) >= 11 is 0. The number of hydrogen-bond donors (Lipinski definition) is 1. The van der Waals surface area contributed by atoms with E-state index in [0.29, 0.717) is 6.42 Å². The molecule has 0 bridgehead atoms. The molecule has 2 nitrogen and oxygen atoms in total. The number of carbonyl (C=O) groups is 1. The van der Waals surface area contributed by atoms with Crippen LogP contribution in [-0.2, 0) is 4.79 Å². The lowest BCUT2D eigenvalue weighted by atomic mass is 10.2. The Labute approximate surface area is 107 Å². The number of unbranched alkanes of at least 4 members (excludes halogenated alkanes) is 3. The minimum atomic E-state index is -0.675. The van der Waals surface area contributed by atoms with E-state index in [2.05, 4.69) is 6.92 Å². The first kappa shape index (κ1) is 58.0. The van der Waals surface area contributed by atoms with Gasteiger partial charge in [0.2, 0.25) is 0 Å². The van der Waals surface area contributed by atoms with E-state index in [1.807, 2.05) is 0 Å². The van der Waals surface area contributed by atoms with E-state index in [-0.39, 0.29) is 52.0 Å². The molecule has 0 aliphatic carbocycles. The van der Waals surface area contributed by atoms with Gasteiger partial charge in [-0.1, -0.05) is 78.2 Å². The highest BCUT2D eigenvalue weighted by Crippen LogP contribution is 2.01. The number of rotatable bonds is 5. The quantitative estimate of drug-likeness (QED) is 0.559. The molecule has 0 aliphatic rings. The molecule has 0 amide bonds. The van der Waals surface area contributed by atoms with Crippen molar-refractivity contribution >= 4 is 5.97 Å². The molecule has 0 aliphatic heterocycles. The fourth-order valence-electron chi connectivity index (χ4n) is 0.703. The molecule has 0 saturated carbocycles. The third-order valence-electron chi connectivity index (χ3n) is 1.24. The first-order valence-electron chi connectivity index (χ1n) is 3.49. The van der Waals surface area contributed by atoms with Crippen molar-refractivity contribution in [3.8, 4) is 0 Å². The molecule has 0 fully saturated rings. The molecule has 0 radical (unpaired) electrons. The smallest absolute Gasteiger partial charge is 0.303 e. The number of aliphatic carboxylic acids is 1. The maximum Gasteiger partial charge on any atom is 0.303 e. The van der Waals surface area contributed by atoms with Crippen LogP contribution in [0.25, 0.3) is 0 Å². The van der Waals surface area contributed by atoms with Crippen LogP contribution in [0, 0.1) is 0 Å². The second-order valence-electron chi connectivity index (χ2n) is 2.20. The van der Waals surface area contributed by atoms with Crippen LogP contribution < -0.4 is 0 Å². The van der Waals surface area contributed by atoms with Gasteiger partial charge in [-0.3, -0.25) is 4.79 Å². The van der Waals surface area contributed by atoms with E-state index in [1.165, 1.54) is 6.42 Å². The molecule has 0 saturated heterocycles. The number of hydrogen-bond acceptors (Lipinski definition) is 1. The predicted molar refractivity (Wildman–Crippen MR) is 83.5 cm³/mol. The Morgan fingerprint density at radius 3 is 1.44 bits per heavy atom. The second kappa shape index (κ2) is 47.1. The molecule has 0 spiro atoms. The van der Waals surface area contributed by atoms with Crippen molar-refractivity contribution in [2.45, 2.75) is 91.0 Å². The molecule has 0 aromatic carbocycles. The van der Waals surface area contributed by atoms with Crippen molar-refractivity contribution in [2.75, 3.05) is 0 Å². The Kier molecular flexibility index (Phi) is 171. The minimum absolute atomic E-state index is 0. The molecule has 0 heterocycles. The SMILES string of the molecule is C.C.C.C.C.C.C.CCCCCCC(=O)O. The van der Waals surface area contributed by atoms with Gasteiger partial charge in [-0.2, -0.15) is 0 Å². The second-order valence-corrected chi connectivity index (χ2v) is 2.20. The maximum absolute atomic E-state index is 9.96. The van der Waals surface area contributed by atoms with E-state index in [4.69, 9.17) is 5.11 Å². The Morgan fingerprint density at radius 2 is 1.19 bits per heavy atom. The van der Waals surface area contributed by atoms with Gasteiger partial charge in [0, 0.05) is 6.42 Å². The van der Waals surface area contributed by atoms with E-state index < -0.39 is 5.97 Å². The maximum atomic E-state index is 9.96.